The van der Waals surface area contributed by atoms with E-state index in [9.17, 15) is 0 Å². The molecular formula is C19H23NS. The molecule has 0 aromatic heterocycles. The second kappa shape index (κ2) is 7.67. The predicted molar refractivity (Wildman–Crippen MR) is 93.6 cm³/mol. The Hall–Kier alpha value is -1.25. The number of benzene rings is 2. The van der Waals surface area contributed by atoms with Gasteiger partial charge < -0.3 is 5.32 Å². The molecule has 1 nitrogen and oxygen atoms in total. The van der Waals surface area contributed by atoms with E-state index < -0.39 is 0 Å². The van der Waals surface area contributed by atoms with Gasteiger partial charge in [-0.2, -0.15) is 11.8 Å². The Morgan fingerprint density at radius 2 is 1.52 bits per heavy atom. The van der Waals surface area contributed by atoms with Gasteiger partial charge in [0, 0.05) is 6.54 Å². The molecule has 2 aromatic carbocycles. The molecule has 0 saturated carbocycles. The highest BCUT2D eigenvalue weighted by Crippen LogP contribution is 2.22. The topological polar surface area (TPSA) is 12.0 Å². The average molecular weight is 297 g/mol. The molecule has 1 saturated heterocycles. The van der Waals surface area contributed by atoms with Gasteiger partial charge in [-0.25, -0.2) is 0 Å². The Balaban J connectivity index is 1.50. The molecule has 110 valence electrons. The molecule has 0 unspecified atom stereocenters. The van der Waals surface area contributed by atoms with Gasteiger partial charge in [0.25, 0.3) is 0 Å². The van der Waals surface area contributed by atoms with Gasteiger partial charge in [-0.3, -0.25) is 0 Å². The van der Waals surface area contributed by atoms with Gasteiger partial charge in [-0.1, -0.05) is 54.6 Å². The van der Waals surface area contributed by atoms with Crippen LogP contribution in [-0.4, -0.2) is 18.1 Å². The molecule has 1 aliphatic heterocycles. The van der Waals surface area contributed by atoms with Gasteiger partial charge in [0.2, 0.25) is 0 Å². The molecule has 2 aromatic rings. The van der Waals surface area contributed by atoms with E-state index in [1.165, 1.54) is 47.6 Å². The van der Waals surface area contributed by atoms with Crippen LogP contribution in [0, 0.1) is 5.92 Å². The van der Waals surface area contributed by atoms with Crippen molar-refractivity contribution in [2.24, 2.45) is 5.92 Å². The van der Waals surface area contributed by atoms with E-state index >= 15 is 0 Å². The molecule has 0 aliphatic carbocycles. The molecule has 0 atom stereocenters. The average Bonchev–Trinajstić information content (AvgIpc) is 2.57. The van der Waals surface area contributed by atoms with Gasteiger partial charge in [0.05, 0.1) is 0 Å². The Labute approximate surface area is 132 Å². The van der Waals surface area contributed by atoms with E-state index in [-0.39, 0.29) is 0 Å². The van der Waals surface area contributed by atoms with Gasteiger partial charge in [-0.05, 0) is 53.5 Å². The molecule has 21 heavy (non-hydrogen) atoms. The minimum Gasteiger partial charge on any atom is -0.312 e. The largest absolute Gasteiger partial charge is 0.312 e. The summed E-state index contributed by atoms with van der Waals surface area (Å²) >= 11 is 2.10. The Bertz CT molecular complexity index is 529. The molecule has 2 heteroatoms. The third kappa shape index (κ3) is 4.36. The lowest BCUT2D eigenvalue weighted by Gasteiger charge is -2.21. The first-order valence-corrected chi connectivity index (χ1v) is 9.00. The van der Waals surface area contributed by atoms with Gasteiger partial charge in [-0.15, -0.1) is 0 Å². The first kappa shape index (κ1) is 14.7. The smallest absolute Gasteiger partial charge is 0.0205 e. The highest BCUT2D eigenvalue weighted by atomic mass is 32.2. The zero-order valence-electron chi connectivity index (χ0n) is 12.4. The van der Waals surface area contributed by atoms with Crippen molar-refractivity contribution in [1.29, 1.82) is 0 Å². The summed E-state index contributed by atoms with van der Waals surface area (Å²) in [6.07, 6.45) is 2.76. The summed E-state index contributed by atoms with van der Waals surface area (Å²) in [4.78, 5) is 0. The predicted octanol–water partition coefficient (Wildman–Crippen LogP) is 4.59. The summed E-state index contributed by atoms with van der Waals surface area (Å²) in [5.74, 6) is 3.57. The van der Waals surface area contributed by atoms with Crippen LogP contribution < -0.4 is 5.32 Å². The first-order chi connectivity index (χ1) is 10.4. The van der Waals surface area contributed by atoms with Crippen LogP contribution in [0.1, 0.15) is 18.4 Å². The summed E-state index contributed by atoms with van der Waals surface area (Å²) < 4.78 is 0. The van der Waals surface area contributed by atoms with Crippen LogP contribution in [-0.2, 0) is 6.54 Å². The van der Waals surface area contributed by atoms with Gasteiger partial charge >= 0.3 is 0 Å². The van der Waals surface area contributed by atoms with Gasteiger partial charge in [0.1, 0.15) is 0 Å². The second-order valence-electron chi connectivity index (χ2n) is 5.75. The standard InChI is InChI=1S/C19H23NS/c1-2-4-18(5-3-1)19-8-6-16(7-9-19)14-20-15-17-10-12-21-13-11-17/h1-9,17,20H,10-15H2. The van der Waals surface area contributed by atoms with E-state index in [0.717, 1.165) is 12.5 Å². The summed E-state index contributed by atoms with van der Waals surface area (Å²) in [6, 6.07) is 19.5. The highest BCUT2D eigenvalue weighted by Gasteiger charge is 2.12. The van der Waals surface area contributed by atoms with Crippen molar-refractivity contribution in [3.05, 3.63) is 60.2 Å². The minimum absolute atomic E-state index is 0.884. The summed E-state index contributed by atoms with van der Waals surface area (Å²) in [5.41, 5.74) is 3.96. The molecule has 0 amide bonds. The molecular weight excluding hydrogens is 274 g/mol. The SMILES string of the molecule is c1ccc(-c2ccc(CNCC3CCSCC3)cc2)cc1. The monoisotopic (exact) mass is 297 g/mol. The van der Waals surface area contributed by atoms with Crippen molar-refractivity contribution in [3.8, 4) is 11.1 Å². The van der Waals surface area contributed by atoms with Crippen LogP contribution in [0.2, 0.25) is 0 Å². The summed E-state index contributed by atoms with van der Waals surface area (Å²) in [5, 5.41) is 3.62. The normalized spacial score (nSPS) is 16.0. The van der Waals surface area contributed by atoms with Crippen molar-refractivity contribution in [2.45, 2.75) is 19.4 Å². The van der Waals surface area contributed by atoms with Crippen molar-refractivity contribution in [1.82, 2.24) is 5.32 Å². The number of thioether (sulfide) groups is 1. The fourth-order valence-corrected chi connectivity index (χ4v) is 4.02. The van der Waals surface area contributed by atoms with Gasteiger partial charge in [0.15, 0.2) is 0 Å². The number of hydrogen-bond acceptors (Lipinski definition) is 2. The number of rotatable bonds is 5. The maximum absolute atomic E-state index is 3.62. The van der Waals surface area contributed by atoms with E-state index in [1.807, 2.05) is 0 Å². The van der Waals surface area contributed by atoms with E-state index in [0.29, 0.717) is 0 Å². The fraction of sp³-hybridized carbons (Fsp3) is 0.368. The lowest BCUT2D eigenvalue weighted by molar-refractivity contribution is 0.448. The van der Waals surface area contributed by atoms with Crippen LogP contribution >= 0.6 is 11.8 Å². The zero-order valence-corrected chi connectivity index (χ0v) is 13.2. The molecule has 1 N–H and O–H groups in total. The number of nitrogens with one attached hydrogen (secondary N) is 1. The zero-order chi connectivity index (χ0) is 14.3. The lowest BCUT2D eigenvalue weighted by atomic mass is 10.0. The molecule has 1 heterocycles. The highest BCUT2D eigenvalue weighted by molar-refractivity contribution is 7.99. The van der Waals surface area contributed by atoms with E-state index in [1.54, 1.807) is 0 Å². The summed E-state index contributed by atoms with van der Waals surface area (Å²) in [7, 11) is 0. The van der Waals surface area contributed by atoms with Crippen molar-refractivity contribution >= 4 is 11.8 Å². The quantitative estimate of drug-likeness (QED) is 0.866. The molecule has 0 bridgehead atoms. The molecule has 1 aliphatic rings. The Kier molecular flexibility index (Phi) is 5.36. The maximum atomic E-state index is 3.62. The van der Waals surface area contributed by atoms with Crippen LogP contribution in [0.5, 0.6) is 0 Å². The van der Waals surface area contributed by atoms with Crippen molar-refractivity contribution in [2.75, 3.05) is 18.1 Å². The molecule has 0 spiro atoms. The third-order valence-corrected chi connectivity index (χ3v) is 5.21. The maximum Gasteiger partial charge on any atom is 0.0205 e. The lowest BCUT2D eigenvalue weighted by Crippen LogP contribution is -2.25. The second-order valence-corrected chi connectivity index (χ2v) is 6.97. The van der Waals surface area contributed by atoms with Crippen LogP contribution in [0.15, 0.2) is 54.6 Å². The fourth-order valence-electron chi connectivity index (χ4n) is 2.82. The summed E-state index contributed by atoms with van der Waals surface area (Å²) in [6.45, 7) is 2.15. The van der Waals surface area contributed by atoms with Crippen molar-refractivity contribution in [3.63, 3.8) is 0 Å². The Morgan fingerprint density at radius 1 is 0.857 bits per heavy atom. The first-order valence-electron chi connectivity index (χ1n) is 7.84. The number of hydrogen-bond donors (Lipinski definition) is 1. The van der Waals surface area contributed by atoms with Crippen LogP contribution in [0.25, 0.3) is 11.1 Å². The minimum atomic E-state index is 0.884. The third-order valence-electron chi connectivity index (χ3n) is 4.16. The molecule has 0 radical (unpaired) electrons. The molecule has 3 rings (SSSR count). The van der Waals surface area contributed by atoms with E-state index in [4.69, 9.17) is 0 Å². The van der Waals surface area contributed by atoms with Crippen LogP contribution in [0.3, 0.4) is 0 Å². The van der Waals surface area contributed by atoms with Crippen molar-refractivity contribution < 1.29 is 0 Å². The molecule has 1 fully saturated rings. The Morgan fingerprint density at radius 3 is 2.24 bits per heavy atom. The van der Waals surface area contributed by atoms with E-state index in [2.05, 4.69) is 71.7 Å². The van der Waals surface area contributed by atoms with Crippen LogP contribution in [0.4, 0.5) is 0 Å².